The first kappa shape index (κ1) is 20.4. The van der Waals surface area contributed by atoms with Gasteiger partial charge in [0.05, 0.1) is 0 Å². The van der Waals surface area contributed by atoms with Crippen molar-refractivity contribution in [3.8, 4) is 0 Å². The molecule has 2 N–H and O–H groups in total. The fourth-order valence-corrected chi connectivity index (χ4v) is 1.26. The summed E-state index contributed by atoms with van der Waals surface area (Å²) in [5.74, 6) is 0. The van der Waals surface area contributed by atoms with Crippen LogP contribution in [-0.2, 0) is 0 Å². The van der Waals surface area contributed by atoms with Crippen LogP contribution < -0.4 is 5.73 Å². The molecule has 91 valence electrons. The molecule has 1 rings (SSSR count). The Hall–Kier alpha value is -0.0151. The number of nitrogens with two attached hydrogens (primary N) is 1. The fraction of sp³-hybridized carbons (Fsp3) is 1.00. The van der Waals surface area contributed by atoms with Crippen molar-refractivity contribution in [2.24, 2.45) is 5.73 Å². The molecule has 2 nitrogen and oxygen atoms in total. The van der Waals surface area contributed by atoms with Gasteiger partial charge in [0.2, 0.25) is 0 Å². The van der Waals surface area contributed by atoms with E-state index in [9.17, 15) is 0 Å². The molecule has 0 atom stereocenters. The predicted molar refractivity (Wildman–Crippen MR) is 72.4 cm³/mol. The molecule has 0 bridgehead atoms. The van der Waals surface area contributed by atoms with Crippen molar-refractivity contribution >= 4 is 8.41 Å². The molecule has 1 saturated heterocycles. The summed E-state index contributed by atoms with van der Waals surface area (Å²) in [4.78, 5) is 2.53. The standard InChI is InChI=1S/C7H15N.C3H9N.C2H6.B/c1-7(2)8-5-3-4-6-8;1-3(2)4;1-2;/h7H,3-6H2,1-2H3;3H,4H2,1-2H3;1-2H3;. The maximum Gasteiger partial charge on any atom is 0.00385 e. The molecule has 0 amide bonds. The van der Waals surface area contributed by atoms with E-state index in [0.717, 1.165) is 6.04 Å². The van der Waals surface area contributed by atoms with E-state index in [0.29, 0.717) is 6.04 Å². The first-order valence-corrected chi connectivity index (χ1v) is 6.03. The molecule has 0 saturated carbocycles. The van der Waals surface area contributed by atoms with Crippen LogP contribution in [0, 0.1) is 0 Å². The second-order valence-corrected chi connectivity index (χ2v) is 4.08. The van der Waals surface area contributed by atoms with Gasteiger partial charge < -0.3 is 10.6 Å². The molecular weight excluding hydrogens is 183 g/mol. The molecule has 0 aromatic rings. The van der Waals surface area contributed by atoms with Crippen LogP contribution >= 0.6 is 0 Å². The van der Waals surface area contributed by atoms with E-state index in [-0.39, 0.29) is 8.41 Å². The smallest absolute Gasteiger partial charge is 0.00385 e. The fourth-order valence-electron chi connectivity index (χ4n) is 1.26. The number of likely N-dealkylation sites (tertiary alicyclic amines) is 1. The number of rotatable bonds is 1. The minimum Gasteiger partial charge on any atom is -0.328 e. The van der Waals surface area contributed by atoms with Crippen molar-refractivity contribution in [2.45, 2.75) is 66.5 Å². The summed E-state index contributed by atoms with van der Waals surface area (Å²) in [6, 6.07) is 1.11. The lowest BCUT2D eigenvalue weighted by molar-refractivity contribution is 0.276. The Morgan fingerprint density at radius 3 is 1.33 bits per heavy atom. The van der Waals surface area contributed by atoms with Crippen LogP contribution in [0.1, 0.15) is 54.4 Å². The van der Waals surface area contributed by atoms with Gasteiger partial charge in [0.25, 0.3) is 0 Å². The average Bonchev–Trinajstić information content (AvgIpc) is 2.58. The van der Waals surface area contributed by atoms with Gasteiger partial charge in [-0.05, 0) is 45.8 Å². The molecule has 3 radical (unpaired) electrons. The molecule has 1 fully saturated rings. The lowest BCUT2D eigenvalue weighted by Gasteiger charge is -2.18. The highest BCUT2D eigenvalue weighted by molar-refractivity contribution is 5.75. The Labute approximate surface area is 99.2 Å². The molecule has 0 aromatic carbocycles. The van der Waals surface area contributed by atoms with Gasteiger partial charge in [-0.2, -0.15) is 0 Å². The second-order valence-electron chi connectivity index (χ2n) is 4.08. The molecule has 15 heavy (non-hydrogen) atoms. The zero-order valence-corrected chi connectivity index (χ0v) is 11.6. The van der Waals surface area contributed by atoms with Gasteiger partial charge >= 0.3 is 0 Å². The van der Waals surface area contributed by atoms with Gasteiger partial charge in [-0.25, -0.2) is 0 Å². The molecule has 1 aliphatic rings. The maximum absolute atomic E-state index is 5.11. The summed E-state index contributed by atoms with van der Waals surface area (Å²) in [6.07, 6.45) is 2.83. The third-order valence-corrected chi connectivity index (χ3v) is 1.87. The van der Waals surface area contributed by atoms with Crippen molar-refractivity contribution < 1.29 is 0 Å². The lowest BCUT2D eigenvalue weighted by Crippen LogP contribution is -2.26. The molecule has 3 heteroatoms. The van der Waals surface area contributed by atoms with Gasteiger partial charge in [-0.15, -0.1) is 0 Å². The quantitative estimate of drug-likeness (QED) is 0.678. The average molecular weight is 213 g/mol. The van der Waals surface area contributed by atoms with Gasteiger partial charge in [0, 0.05) is 14.5 Å². The van der Waals surface area contributed by atoms with E-state index < -0.39 is 0 Å². The summed E-state index contributed by atoms with van der Waals surface area (Å²) < 4.78 is 0. The van der Waals surface area contributed by atoms with Crippen molar-refractivity contribution in [1.82, 2.24) is 4.90 Å². The van der Waals surface area contributed by atoms with Crippen LogP contribution in [0.5, 0.6) is 0 Å². The van der Waals surface area contributed by atoms with Crippen molar-refractivity contribution in [2.75, 3.05) is 13.1 Å². The lowest BCUT2D eigenvalue weighted by atomic mass is 10.3. The molecule has 1 aliphatic heterocycles. The third kappa shape index (κ3) is 16.6. The molecular formula is C12H30BN2. The van der Waals surface area contributed by atoms with E-state index in [1.807, 2.05) is 27.7 Å². The van der Waals surface area contributed by atoms with Gasteiger partial charge in [-0.1, -0.05) is 27.7 Å². The first-order chi connectivity index (χ1) is 6.54. The highest BCUT2D eigenvalue weighted by atomic mass is 15.2. The molecule has 0 aromatic heterocycles. The predicted octanol–water partition coefficient (Wildman–Crippen LogP) is 2.49. The van der Waals surface area contributed by atoms with E-state index in [4.69, 9.17) is 5.73 Å². The SMILES string of the molecule is CC.CC(C)N.CC(C)N1CCCC1.[B]. The summed E-state index contributed by atoms with van der Waals surface area (Å²) in [5, 5.41) is 0. The third-order valence-electron chi connectivity index (χ3n) is 1.87. The van der Waals surface area contributed by atoms with Crippen LogP contribution in [0.2, 0.25) is 0 Å². The van der Waals surface area contributed by atoms with Crippen LogP contribution in [0.3, 0.4) is 0 Å². The Morgan fingerprint density at radius 1 is 0.933 bits per heavy atom. The monoisotopic (exact) mass is 213 g/mol. The van der Waals surface area contributed by atoms with Gasteiger partial charge in [0.15, 0.2) is 0 Å². The molecule has 0 spiro atoms. The van der Waals surface area contributed by atoms with Gasteiger partial charge in [-0.3, -0.25) is 0 Å². The van der Waals surface area contributed by atoms with Crippen molar-refractivity contribution in [3.05, 3.63) is 0 Å². The molecule has 0 aliphatic carbocycles. The van der Waals surface area contributed by atoms with Crippen LogP contribution in [0.25, 0.3) is 0 Å². The summed E-state index contributed by atoms with van der Waals surface area (Å²) in [5.41, 5.74) is 5.11. The second kappa shape index (κ2) is 14.0. The largest absolute Gasteiger partial charge is 0.328 e. The normalized spacial score (nSPS) is 15.0. The van der Waals surface area contributed by atoms with Crippen molar-refractivity contribution in [3.63, 3.8) is 0 Å². The zero-order chi connectivity index (χ0) is 11.6. The first-order valence-electron chi connectivity index (χ1n) is 6.03. The minimum absolute atomic E-state index is 0. The molecule has 0 unspecified atom stereocenters. The number of hydrogen-bond donors (Lipinski definition) is 1. The molecule has 1 heterocycles. The van der Waals surface area contributed by atoms with Crippen LogP contribution in [0.4, 0.5) is 0 Å². The zero-order valence-electron chi connectivity index (χ0n) is 11.6. The minimum atomic E-state index is 0. The Balaban J connectivity index is -0.000000179. The van der Waals surface area contributed by atoms with E-state index in [1.54, 1.807) is 0 Å². The van der Waals surface area contributed by atoms with Crippen molar-refractivity contribution in [1.29, 1.82) is 0 Å². The highest BCUT2D eigenvalue weighted by Gasteiger charge is 2.13. The Morgan fingerprint density at radius 2 is 1.20 bits per heavy atom. The summed E-state index contributed by atoms with van der Waals surface area (Å²) in [7, 11) is 0. The Bertz CT molecular complexity index is 97.0. The van der Waals surface area contributed by atoms with E-state index in [2.05, 4.69) is 18.7 Å². The number of hydrogen-bond acceptors (Lipinski definition) is 2. The van der Waals surface area contributed by atoms with Crippen LogP contribution in [-0.4, -0.2) is 38.5 Å². The highest BCUT2D eigenvalue weighted by Crippen LogP contribution is 2.09. The number of nitrogens with zero attached hydrogens (tertiary/aromatic N) is 1. The van der Waals surface area contributed by atoms with E-state index in [1.165, 1.54) is 25.9 Å². The maximum atomic E-state index is 5.11. The topological polar surface area (TPSA) is 29.3 Å². The Kier molecular flexibility index (Phi) is 19.0. The summed E-state index contributed by atoms with van der Waals surface area (Å²) in [6.45, 7) is 15.1. The van der Waals surface area contributed by atoms with Crippen LogP contribution in [0.15, 0.2) is 0 Å². The van der Waals surface area contributed by atoms with E-state index >= 15 is 0 Å². The van der Waals surface area contributed by atoms with Gasteiger partial charge in [0.1, 0.15) is 0 Å². The summed E-state index contributed by atoms with van der Waals surface area (Å²) >= 11 is 0.